The molecule has 1 N–H and O–H groups in total. The van der Waals surface area contributed by atoms with Gasteiger partial charge in [0.2, 0.25) is 0 Å². The summed E-state index contributed by atoms with van der Waals surface area (Å²) in [6, 6.07) is 3.28. The highest BCUT2D eigenvalue weighted by molar-refractivity contribution is 6.47. The van der Waals surface area contributed by atoms with Crippen LogP contribution in [0.5, 0.6) is 0 Å². The summed E-state index contributed by atoms with van der Waals surface area (Å²) >= 11 is 0. The topological polar surface area (TPSA) is 37.3 Å². The molecule has 1 heterocycles. The molecule has 1 fully saturated rings. The maximum absolute atomic E-state index is 9.25. The lowest BCUT2D eigenvalue weighted by Crippen LogP contribution is -1.82. The van der Waals surface area contributed by atoms with Crippen molar-refractivity contribution >= 4 is 15.5 Å². The van der Waals surface area contributed by atoms with Crippen molar-refractivity contribution in [3.05, 3.63) is 12.7 Å². The number of carboxylic acid groups (broad SMARTS) is 1. The van der Waals surface area contributed by atoms with Crippen LogP contribution in [0.25, 0.3) is 0 Å². The third kappa shape index (κ3) is 18.1. The van der Waals surface area contributed by atoms with E-state index in [1.807, 2.05) is 0 Å². The number of rotatable bonds is 1. The third-order valence-corrected chi connectivity index (χ3v) is 1.24. The molecule has 0 aromatic heterocycles. The Kier molecular flexibility index (Phi) is 4.25. The summed E-state index contributed by atoms with van der Waals surface area (Å²) in [5.41, 5.74) is 0. The number of carbonyl (C=O) groups is 1. The van der Waals surface area contributed by atoms with Gasteiger partial charge in [0.05, 0.1) is 0 Å². The standard InChI is InChI=1S/C3H4O2.C2H6Si/c1-2-3(4)5;1-2-3-1/h2H,1H2,(H,4,5);1-3H2. The first-order chi connectivity index (χ1) is 3.77. The quantitative estimate of drug-likeness (QED) is 0.408. The molecule has 0 aliphatic carbocycles. The van der Waals surface area contributed by atoms with Gasteiger partial charge in [-0.2, -0.15) is 0 Å². The number of carboxylic acids is 1. The fourth-order valence-corrected chi connectivity index (χ4v) is 0. The molecule has 0 atom stereocenters. The van der Waals surface area contributed by atoms with E-state index in [2.05, 4.69) is 6.58 Å². The Balaban J connectivity index is 0.000000135. The molecule has 0 radical (unpaired) electrons. The summed E-state index contributed by atoms with van der Waals surface area (Å²) in [5.74, 6) is -0.981. The molecule has 1 saturated heterocycles. The molecule has 1 aliphatic rings. The van der Waals surface area contributed by atoms with Crippen LogP contribution in [0.3, 0.4) is 0 Å². The molecule has 1 rings (SSSR count). The Hall–Kier alpha value is -0.573. The first-order valence-corrected chi connectivity index (χ1v) is 4.62. The average Bonchev–Trinajstić information content (AvgIpc) is 2.48. The molecule has 0 aromatic carbocycles. The molecule has 0 amide bonds. The van der Waals surface area contributed by atoms with E-state index in [-0.39, 0.29) is 0 Å². The van der Waals surface area contributed by atoms with Crippen molar-refractivity contribution in [1.29, 1.82) is 0 Å². The second-order valence-corrected chi connectivity index (χ2v) is 3.72. The Morgan fingerprint density at radius 3 is 2.00 bits per heavy atom. The van der Waals surface area contributed by atoms with Gasteiger partial charge in [-0.3, -0.25) is 0 Å². The second-order valence-electron chi connectivity index (χ2n) is 1.60. The predicted octanol–water partition coefficient (Wildman–Crippen LogP) is 0.262. The Labute approximate surface area is 51.0 Å². The Morgan fingerprint density at radius 1 is 1.75 bits per heavy atom. The van der Waals surface area contributed by atoms with E-state index in [4.69, 9.17) is 5.11 Å². The molecule has 0 spiro atoms. The Morgan fingerprint density at radius 2 is 2.00 bits per heavy atom. The third-order valence-electron chi connectivity index (χ3n) is 0.528. The van der Waals surface area contributed by atoms with E-state index in [1.54, 1.807) is 12.1 Å². The molecule has 46 valence electrons. The molecule has 1 aliphatic heterocycles. The average molecular weight is 130 g/mol. The molecule has 8 heavy (non-hydrogen) atoms. The molecule has 0 unspecified atom stereocenters. The van der Waals surface area contributed by atoms with Crippen LogP contribution in [-0.2, 0) is 4.79 Å². The van der Waals surface area contributed by atoms with Crippen LogP contribution in [0.4, 0.5) is 0 Å². The molecule has 0 saturated carbocycles. The van der Waals surface area contributed by atoms with E-state index in [0.29, 0.717) is 9.52 Å². The number of hydrogen-bond donors (Lipinski definition) is 1. The lowest BCUT2D eigenvalue weighted by atomic mass is 10.7. The van der Waals surface area contributed by atoms with Gasteiger partial charge in [-0.1, -0.05) is 18.7 Å². The summed E-state index contributed by atoms with van der Waals surface area (Å²) in [7, 11) is 0.667. The van der Waals surface area contributed by atoms with Crippen LogP contribution in [0.15, 0.2) is 12.7 Å². The van der Waals surface area contributed by atoms with Crippen molar-refractivity contribution in [2.45, 2.75) is 12.1 Å². The fraction of sp³-hybridized carbons (Fsp3) is 0.400. The van der Waals surface area contributed by atoms with Crippen LogP contribution in [0.2, 0.25) is 12.1 Å². The van der Waals surface area contributed by atoms with Gasteiger partial charge in [-0.15, -0.1) is 0 Å². The lowest BCUT2D eigenvalue weighted by molar-refractivity contribution is -0.131. The van der Waals surface area contributed by atoms with Gasteiger partial charge in [0.15, 0.2) is 0 Å². The summed E-state index contributed by atoms with van der Waals surface area (Å²) in [6.45, 7) is 2.96. The zero-order valence-electron chi connectivity index (χ0n) is 4.76. The largest absolute Gasteiger partial charge is 0.478 e. The van der Waals surface area contributed by atoms with Gasteiger partial charge in [0, 0.05) is 15.6 Å². The summed E-state index contributed by atoms with van der Waals surface area (Å²) < 4.78 is 0. The van der Waals surface area contributed by atoms with Gasteiger partial charge < -0.3 is 5.11 Å². The highest BCUT2D eigenvalue weighted by Crippen LogP contribution is 2.04. The summed E-state index contributed by atoms with van der Waals surface area (Å²) in [6.07, 6.45) is 0.833. The Bertz CT molecular complexity index is 85.7. The van der Waals surface area contributed by atoms with Crippen LogP contribution in [-0.4, -0.2) is 20.6 Å². The minimum atomic E-state index is -0.981. The van der Waals surface area contributed by atoms with Crippen LogP contribution in [0.1, 0.15) is 0 Å². The highest BCUT2D eigenvalue weighted by atomic mass is 28.2. The maximum Gasteiger partial charge on any atom is 0.327 e. The molecule has 0 aromatic rings. The zero-order valence-corrected chi connectivity index (χ0v) is 6.18. The fourth-order valence-electron chi connectivity index (χ4n) is 0. The van der Waals surface area contributed by atoms with Gasteiger partial charge in [0.25, 0.3) is 0 Å². The highest BCUT2D eigenvalue weighted by Gasteiger charge is 1.96. The second kappa shape index (κ2) is 4.58. The van der Waals surface area contributed by atoms with E-state index < -0.39 is 5.97 Å². The van der Waals surface area contributed by atoms with Crippen molar-refractivity contribution < 1.29 is 9.90 Å². The molecule has 2 nitrogen and oxygen atoms in total. The van der Waals surface area contributed by atoms with Crippen molar-refractivity contribution in [1.82, 2.24) is 0 Å². The molecular formula is C5H10O2Si. The smallest absolute Gasteiger partial charge is 0.327 e. The van der Waals surface area contributed by atoms with Crippen LogP contribution < -0.4 is 0 Å². The molecule has 0 bridgehead atoms. The van der Waals surface area contributed by atoms with Gasteiger partial charge >= 0.3 is 5.97 Å². The first-order valence-electron chi connectivity index (χ1n) is 2.62. The van der Waals surface area contributed by atoms with E-state index in [0.717, 1.165) is 6.08 Å². The lowest BCUT2D eigenvalue weighted by Gasteiger charge is -1.64. The van der Waals surface area contributed by atoms with Gasteiger partial charge in [-0.05, 0) is 0 Å². The first kappa shape index (κ1) is 7.43. The SMILES string of the molecule is C1C[SiH2]1.C=CC(=O)O. The molecule has 3 heteroatoms. The monoisotopic (exact) mass is 130 g/mol. The normalized spacial score (nSPS) is 13.0. The van der Waals surface area contributed by atoms with Crippen LogP contribution in [0, 0.1) is 0 Å². The van der Waals surface area contributed by atoms with Gasteiger partial charge in [0.1, 0.15) is 0 Å². The van der Waals surface area contributed by atoms with Crippen molar-refractivity contribution in [2.75, 3.05) is 0 Å². The van der Waals surface area contributed by atoms with E-state index >= 15 is 0 Å². The van der Waals surface area contributed by atoms with Crippen LogP contribution >= 0.6 is 0 Å². The number of hydrogen-bond acceptors (Lipinski definition) is 1. The van der Waals surface area contributed by atoms with Crippen molar-refractivity contribution in [3.63, 3.8) is 0 Å². The minimum Gasteiger partial charge on any atom is -0.478 e. The van der Waals surface area contributed by atoms with Gasteiger partial charge in [-0.25, -0.2) is 4.79 Å². The number of aliphatic carboxylic acids is 1. The maximum atomic E-state index is 9.25. The summed E-state index contributed by atoms with van der Waals surface area (Å²) in [5, 5.41) is 7.60. The van der Waals surface area contributed by atoms with E-state index in [9.17, 15) is 4.79 Å². The van der Waals surface area contributed by atoms with Crippen molar-refractivity contribution in [3.8, 4) is 0 Å². The van der Waals surface area contributed by atoms with Crippen molar-refractivity contribution in [2.24, 2.45) is 0 Å². The zero-order chi connectivity index (χ0) is 6.41. The minimum absolute atomic E-state index is 0.667. The predicted molar refractivity (Wildman–Crippen MR) is 36.0 cm³/mol. The van der Waals surface area contributed by atoms with E-state index in [1.165, 1.54) is 0 Å². The molecular weight excluding hydrogens is 120 g/mol. The summed E-state index contributed by atoms with van der Waals surface area (Å²) in [4.78, 5) is 9.25.